The van der Waals surface area contributed by atoms with Crippen LogP contribution in [0.4, 0.5) is 0 Å². The number of rotatable bonds is 3. The predicted octanol–water partition coefficient (Wildman–Crippen LogP) is 1.33. The van der Waals surface area contributed by atoms with Gasteiger partial charge in [0.15, 0.2) is 0 Å². The van der Waals surface area contributed by atoms with Gasteiger partial charge in [-0.25, -0.2) is 0 Å². The van der Waals surface area contributed by atoms with Crippen LogP contribution < -0.4 is 5.32 Å². The van der Waals surface area contributed by atoms with Crippen LogP contribution in [0.3, 0.4) is 0 Å². The van der Waals surface area contributed by atoms with Gasteiger partial charge >= 0.3 is 0 Å². The van der Waals surface area contributed by atoms with Crippen molar-refractivity contribution in [2.75, 3.05) is 26.2 Å². The maximum absolute atomic E-state index is 3.57. The van der Waals surface area contributed by atoms with Gasteiger partial charge in [0.05, 0.1) is 0 Å². The van der Waals surface area contributed by atoms with E-state index in [0.29, 0.717) is 6.04 Å². The van der Waals surface area contributed by atoms with E-state index in [0.717, 1.165) is 5.92 Å². The van der Waals surface area contributed by atoms with Crippen molar-refractivity contribution in [1.29, 1.82) is 0 Å². The highest BCUT2D eigenvalue weighted by atomic mass is 15.2. The lowest BCUT2D eigenvalue weighted by molar-refractivity contribution is 0.175. The zero-order valence-corrected chi connectivity index (χ0v) is 8.64. The summed E-state index contributed by atoms with van der Waals surface area (Å²) in [6, 6.07) is 0.713. The Kier molecular flexibility index (Phi) is 4.02. The Bertz CT molecular complexity index is 121. The Hall–Kier alpha value is -0.0800. The molecular formula is C10H22N2. The lowest BCUT2D eigenvalue weighted by atomic mass is 10.0. The van der Waals surface area contributed by atoms with Crippen molar-refractivity contribution in [1.82, 2.24) is 10.2 Å². The van der Waals surface area contributed by atoms with Crippen molar-refractivity contribution >= 4 is 0 Å². The molecule has 1 aliphatic heterocycles. The Labute approximate surface area is 76.3 Å². The van der Waals surface area contributed by atoms with E-state index in [1.54, 1.807) is 0 Å². The van der Waals surface area contributed by atoms with Crippen LogP contribution >= 0.6 is 0 Å². The van der Waals surface area contributed by atoms with Gasteiger partial charge in [-0.1, -0.05) is 20.8 Å². The normalized spacial score (nSPS) is 26.5. The van der Waals surface area contributed by atoms with Gasteiger partial charge in [-0.05, 0) is 18.9 Å². The first-order chi connectivity index (χ1) is 5.74. The van der Waals surface area contributed by atoms with E-state index in [4.69, 9.17) is 0 Å². The summed E-state index contributed by atoms with van der Waals surface area (Å²) in [6.45, 7) is 11.8. The average Bonchev–Trinajstić information content (AvgIpc) is 2.05. The summed E-state index contributed by atoms with van der Waals surface area (Å²) in [6.07, 6.45) is 1.28. The standard InChI is InChI=1S/C10H22N2/c1-4-6-12-7-5-11-10(8-12)9(2)3/h9-11H,4-8H2,1-3H3/t10-/m1/s1. The van der Waals surface area contributed by atoms with Gasteiger partial charge in [-0.2, -0.15) is 0 Å². The fourth-order valence-corrected chi connectivity index (χ4v) is 1.81. The third kappa shape index (κ3) is 2.76. The Morgan fingerprint density at radius 2 is 2.25 bits per heavy atom. The molecule has 0 aliphatic carbocycles. The third-order valence-corrected chi connectivity index (χ3v) is 2.63. The quantitative estimate of drug-likeness (QED) is 0.687. The summed E-state index contributed by atoms with van der Waals surface area (Å²) in [7, 11) is 0. The summed E-state index contributed by atoms with van der Waals surface area (Å²) in [4.78, 5) is 2.57. The van der Waals surface area contributed by atoms with E-state index in [1.165, 1.54) is 32.6 Å². The minimum absolute atomic E-state index is 0.713. The zero-order chi connectivity index (χ0) is 8.97. The van der Waals surface area contributed by atoms with Crippen LogP contribution in [-0.4, -0.2) is 37.1 Å². The third-order valence-electron chi connectivity index (χ3n) is 2.63. The summed E-state index contributed by atoms with van der Waals surface area (Å²) in [5, 5.41) is 3.57. The lowest BCUT2D eigenvalue weighted by Crippen LogP contribution is -2.52. The molecule has 12 heavy (non-hydrogen) atoms. The molecule has 0 unspecified atom stereocenters. The van der Waals surface area contributed by atoms with Crippen LogP contribution in [0.5, 0.6) is 0 Å². The fraction of sp³-hybridized carbons (Fsp3) is 1.00. The molecule has 0 spiro atoms. The van der Waals surface area contributed by atoms with Crippen molar-refractivity contribution in [2.24, 2.45) is 5.92 Å². The van der Waals surface area contributed by atoms with E-state index in [-0.39, 0.29) is 0 Å². The molecule has 0 bridgehead atoms. The number of nitrogens with one attached hydrogen (secondary N) is 1. The van der Waals surface area contributed by atoms with Gasteiger partial charge < -0.3 is 10.2 Å². The van der Waals surface area contributed by atoms with E-state index < -0.39 is 0 Å². The minimum Gasteiger partial charge on any atom is -0.311 e. The smallest absolute Gasteiger partial charge is 0.0218 e. The lowest BCUT2D eigenvalue weighted by Gasteiger charge is -2.35. The fourth-order valence-electron chi connectivity index (χ4n) is 1.81. The van der Waals surface area contributed by atoms with Gasteiger partial charge in [0.2, 0.25) is 0 Å². The van der Waals surface area contributed by atoms with Gasteiger partial charge in [0.25, 0.3) is 0 Å². The molecule has 1 N–H and O–H groups in total. The van der Waals surface area contributed by atoms with Gasteiger partial charge in [-0.3, -0.25) is 0 Å². The average molecular weight is 170 g/mol. The molecule has 2 nitrogen and oxygen atoms in total. The van der Waals surface area contributed by atoms with Crippen molar-refractivity contribution < 1.29 is 0 Å². The maximum atomic E-state index is 3.57. The molecule has 1 rings (SSSR count). The zero-order valence-electron chi connectivity index (χ0n) is 8.64. The Morgan fingerprint density at radius 3 is 2.83 bits per heavy atom. The molecule has 0 aromatic heterocycles. The molecule has 0 saturated carbocycles. The molecule has 0 aromatic rings. The Morgan fingerprint density at radius 1 is 1.50 bits per heavy atom. The number of hydrogen-bond acceptors (Lipinski definition) is 2. The summed E-state index contributed by atoms with van der Waals surface area (Å²) in [5.74, 6) is 0.768. The number of piperazine rings is 1. The number of hydrogen-bond donors (Lipinski definition) is 1. The number of nitrogens with zero attached hydrogens (tertiary/aromatic N) is 1. The first-order valence-electron chi connectivity index (χ1n) is 5.19. The van der Waals surface area contributed by atoms with E-state index in [1.807, 2.05) is 0 Å². The molecule has 1 saturated heterocycles. The van der Waals surface area contributed by atoms with E-state index in [2.05, 4.69) is 31.0 Å². The first-order valence-corrected chi connectivity index (χ1v) is 5.19. The van der Waals surface area contributed by atoms with Gasteiger partial charge in [0.1, 0.15) is 0 Å². The predicted molar refractivity (Wildman–Crippen MR) is 53.4 cm³/mol. The topological polar surface area (TPSA) is 15.3 Å². The first kappa shape index (κ1) is 10.0. The molecule has 0 aromatic carbocycles. The van der Waals surface area contributed by atoms with Crippen LogP contribution in [0.2, 0.25) is 0 Å². The molecule has 2 heteroatoms. The second kappa shape index (κ2) is 4.83. The highest BCUT2D eigenvalue weighted by Gasteiger charge is 2.20. The highest BCUT2D eigenvalue weighted by Crippen LogP contribution is 2.07. The van der Waals surface area contributed by atoms with Crippen molar-refractivity contribution in [2.45, 2.75) is 33.2 Å². The maximum Gasteiger partial charge on any atom is 0.0218 e. The summed E-state index contributed by atoms with van der Waals surface area (Å²) >= 11 is 0. The van der Waals surface area contributed by atoms with Crippen molar-refractivity contribution in [3.63, 3.8) is 0 Å². The van der Waals surface area contributed by atoms with Gasteiger partial charge in [-0.15, -0.1) is 0 Å². The largest absolute Gasteiger partial charge is 0.311 e. The minimum atomic E-state index is 0.713. The summed E-state index contributed by atoms with van der Waals surface area (Å²) in [5.41, 5.74) is 0. The molecule has 1 fully saturated rings. The van der Waals surface area contributed by atoms with Crippen LogP contribution in [0.15, 0.2) is 0 Å². The Balaban J connectivity index is 2.30. The molecule has 72 valence electrons. The van der Waals surface area contributed by atoms with Crippen LogP contribution in [0.1, 0.15) is 27.2 Å². The van der Waals surface area contributed by atoms with Crippen LogP contribution in [0.25, 0.3) is 0 Å². The van der Waals surface area contributed by atoms with E-state index in [9.17, 15) is 0 Å². The molecule has 1 atom stereocenters. The SMILES string of the molecule is CCCN1CCN[C@@H](C(C)C)C1. The van der Waals surface area contributed by atoms with Crippen LogP contribution in [0, 0.1) is 5.92 Å². The molecule has 0 amide bonds. The van der Waals surface area contributed by atoms with Crippen LogP contribution in [-0.2, 0) is 0 Å². The van der Waals surface area contributed by atoms with Crippen molar-refractivity contribution in [3.8, 4) is 0 Å². The second-order valence-corrected chi connectivity index (χ2v) is 4.11. The highest BCUT2D eigenvalue weighted by molar-refractivity contribution is 4.80. The molecule has 0 radical (unpaired) electrons. The summed E-state index contributed by atoms with van der Waals surface area (Å²) < 4.78 is 0. The molecular weight excluding hydrogens is 148 g/mol. The van der Waals surface area contributed by atoms with Gasteiger partial charge in [0, 0.05) is 25.7 Å². The molecule has 1 heterocycles. The second-order valence-electron chi connectivity index (χ2n) is 4.11. The molecule has 1 aliphatic rings. The van der Waals surface area contributed by atoms with Crippen molar-refractivity contribution in [3.05, 3.63) is 0 Å². The monoisotopic (exact) mass is 170 g/mol. The van der Waals surface area contributed by atoms with E-state index >= 15 is 0 Å².